The van der Waals surface area contributed by atoms with Crippen LogP contribution in [0.15, 0.2) is 29.2 Å². The Kier molecular flexibility index (Phi) is 6.41. The molecule has 2 fully saturated rings. The molecule has 2 saturated heterocycles. The van der Waals surface area contributed by atoms with Gasteiger partial charge in [0.05, 0.1) is 22.8 Å². The zero-order valence-corrected chi connectivity index (χ0v) is 18.2. The van der Waals surface area contributed by atoms with Crippen molar-refractivity contribution in [1.82, 2.24) is 8.61 Å². The van der Waals surface area contributed by atoms with Gasteiger partial charge in [0.25, 0.3) is 20.0 Å². The summed E-state index contributed by atoms with van der Waals surface area (Å²) in [5.74, 6) is 0. The second-order valence-corrected chi connectivity index (χ2v) is 11.2. The summed E-state index contributed by atoms with van der Waals surface area (Å²) in [6, 6.07) is 4.89. The van der Waals surface area contributed by atoms with E-state index in [1.54, 1.807) is 13.8 Å². The fraction of sp³-hybridized carbons (Fsp3) is 0.647. The number of hydrogen-bond donors (Lipinski definition) is 0. The molecule has 1 aromatic carbocycles. The van der Waals surface area contributed by atoms with Crippen LogP contribution < -0.4 is 4.90 Å². The molecule has 0 aromatic heterocycles. The van der Waals surface area contributed by atoms with Crippen molar-refractivity contribution in [2.75, 3.05) is 44.2 Å². The smallest absolute Gasteiger partial charge is 0.373 e. The zero-order chi connectivity index (χ0) is 22.3. The lowest BCUT2D eigenvalue weighted by atomic mass is 10.2. The standard InChI is InChI=1S/C17H24F3N3O5S2/c1-13-11-23(12-14(2)28-13)30(26,27)22-9-7-21(8-10-22)15-5-3-4-6-16(15)29(24,25)17(18,19)20/h3-6,13-14H,7-12H2,1-2H3. The monoisotopic (exact) mass is 471 g/mol. The molecule has 8 nitrogen and oxygen atoms in total. The summed E-state index contributed by atoms with van der Waals surface area (Å²) in [5.41, 5.74) is -5.50. The minimum absolute atomic E-state index is 0.0306. The van der Waals surface area contributed by atoms with E-state index in [1.165, 1.54) is 31.7 Å². The number of morpholine rings is 1. The lowest BCUT2D eigenvalue weighted by molar-refractivity contribution is -0.0455. The second-order valence-electron chi connectivity index (χ2n) is 7.39. The fourth-order valence-corrected chi connectivity index (χ4v) is 6.44. The SMILES string of the molecule is CC1CN(S(=O)(=O)N2CCN(c3ccccc3S(=O)(=O)C(F)(F)F)CC2)CC(C)O1. The summed E-state index contributed by atoms with van der Waals surface area (Å²) < 4.78 is 97.1. The molecule has 0 amide bonds. The van der Waals surface area contributed by atoms with E-state index in [-0.39, 0.29) is 57.2 Å². The Morgan fingerprint density at radius 2 is 1.43 bits per heavy atom. The molecular weight excluding hydrogens is 447 g/mol. The first kappa shape index (κ1) is 23.3. The average molecular weight is 472 g/mol. The molecule has 0 saturated carbocycles. The van der Waals surface area contributed by atoms with Crippen LogP contribution in [0.2, 0.25) is 0 Å². The minimum Gasteiger partial charge on any atom is -0.373 e. The van der Waals surface area contributed by atoms with Crippen LogP contribution in [0, 0.1) is 0 Å². The number of para-hydroxylation sites is 1. The molecule has 2 heterocycles. The third-order valence-corrected chi connectivity index (χ3v) is 8.58. The first-order valence-corrected chi connectivity index (χ1v) is 12.3. The van der Waals surface area contributed by atoms with Gasteiger partial charge >= 0.3 is 5.51 Å². The van der Waals surface area contributed by atoms with Crippen molar-refractivity contribution in [2.45, 2.75) is 36.5 Å². The van der Waals surface area contributed by atoms with Crippen molar-refractivity contribution in [3.63, 3.8) is 0 Å². The number of sulfone groups is 1. The largest absolute Gasteiger partial charge is 0.501 e. The highest BCUT2D eigenvalue weighted by atomic mass is 32.2. The van der Waals surface area contributed by atoms with Crippen LogP contribution >= 0.6 is 0 Å². The van der Waals surface area contributed by atoms with Crippen molar-refractivity contribution in [1.29, 1.82) is 0 Å². The minimum atomic E-state index is -5.52. The summed E-state index contributed by atoms with van der Waals surface area (Å²) in [6.07, 6.45) is -0.492. The van der Waals surface area contributed by atoms with Crippen molar-refractivity contribution in [3.8, 4) is 0 Å². The van der Waals surface area contributed by atoms with Crippen LogP contribution in [0.5, 0.6) is 0 Å². The number of ether oxygens (including phenoxy) is 1. The summed E-state index contributed by atoms with van der Waals surface area (Å²) in [4.78, 5) is 0.638. The number of rotatable bonds is 4. The number of anilines is 1. The van der Waals surface area contributed by atoms with Crippen molar-refractivity contribution in [3.05, 3.63) is 24.3 Å². The van der Waals surface area contributed by atoms with Gasteiger partial charge in [-0.25, -0.2) is 8.42 Å². The highest BCUT2D eigenvalue weighted by Crippen LogP contribution is 2.36. The fourth-order valence-electron chi connectivity index (χ4n) is 3.71. The molecule has 2 aliphatic heterocycles. The molecule has 30 heavy (non-hydrogen) atoms. The zero-order valence-electron chi connectivity index (χ0n) is 16.5. The van der Waals surface area contributed by atoms with E-state index in [9.17, 15) is 30.0 Å². The van der Waals surface area contributed by atoms with E-state index >= 15 is 0 Å². The molecule has 0 spiro atoms. The van der Waals surface area contributed by atoms with Crippen molar-refractivity contribution in [2.24, 2.45) is 0 Å². The summed E-state index contributed by atoms with van der Waals surface area (Å²) in [5, 5.41) is 0. The normalized spacial score (nSPS) is 25.4. The van der Waals surface area contributed by atoms with Gasteiger partial charge in [-0.2, -0.15) is 30.2 Å². The lowest BCUT2D eigenvalue weighted by Gasteiger charge is -2.41. The Balaban J connectivity index is 1.77. The van der Waals surface area contributed by atoms with Crippen molar-refractivity contribution >= 4 is 25.7 Å². The Labute approximate surface area is 174 Å². The molecule has 2 atom stereocenters. The van der Waals surface area contributed by atoms with Gasteiger partial charge in [0.1, 0.15) is 0 Å². The van der Waals surface area contributed by atoms with E-state index < -0.39 is 30.5 Å². The molecule has 3 rings (SSSR count). The molecule has 2 aliphatic rings. The Hall–Kier alpha value is -1.41. The predicted molar refractivity (Wildman–Crippen MR) is 104 cm³/mol. The maximum atomic E-state index is 13.0. The maximum absolute atomic E-state index is 13.0. The van der Waals surface area contributed by atoms with E-state index in [2.05, 4.69) is 0 Å². The van der Waals surface area contributed by atoms with Gasteiger partial charge in [0.2, 0.25) is 0 Å². The Morgan fingerprint density at radius 1 is 0.900 bits per heavy atom. The number of halogens is 3. The highest BCUT2D eigenvalue weighted by molar-refractivity contribution is 7.92. The first-order chi connectivity index (χ1) is 13.8. The third-order valence-electron chi connectivity index (χ3n) is 5.08. The highest BCUT2D eigenvalue weighted by Gasteiger charge is 2.48. The van der Waals surface area contributed by atoms with Crippen molar-refractivity contribution < 1.29 is 34.7 Å². The van der Waals surface area contributed by atoms with E-state index in [1.807, 2.05) is 0 Å². The molecule has 0 radical (unpaired) electrons. The van der Waals surface area contributed by atoms with E-state index in [4.69, 9.17) is 4.74 Å². The van der Waals surface area contributed by atoms with E-state index in [0.29, 0.717) is 0 Å². The average Bonchev–Trinajstić information content (AvgIpc) is 2.66. The van der Waals surface area contributed by atoms with Crippen LogP contribution in [-0.4, -0.2) is 82.4 Å². The summed E-state index contributed by atoms with van der Waals surface area (Å²) >= 11 is 0. The molecule has 0 aliphatic carbocycles. The molecule has 0 bridgehead atoms. The maximum Gasteiger partial charge on any atom is 0.501 e. The number of benzene rings is 1. The van der Waals surface area contributed by atoms with Gasteiger partial charge in [-0.1, -0.05) is 12.1 Å². The first-order valence-electron chi connectivity index (χ1n) is 9.40. The van der Waals surface area contributed by atoms with Gasteiger partial charge < -0.3 is 9.64 Å². The number of alkyl halides is 3. The van der Waals surface area contributed by atoms with Crippen LogP contribution in [-0.2, 0) is 24.8 Å². The second kappa shape index (κ2) is 8.26. The quantitative estimate of drug-likeness (QED) is 0.661. The molecule has 170 valence electrons. The van der Waals surface area contributed by atoms with Gasteiger partial charge in [0, 0.05) is 39.3 Å². The Morgan fingerprint density at radius 3 is 1.97 bits per heavy atom. The van der Waals surface area contributed by atoms with Gasteiger partial charge in [-0.05, 0) is 26.0 Å². The van der Waals surface area contributed by atoms with Gasteiger partial charge in [-0.3, -0.25) is 0 Å². The number of nitrogens with zero attached hydrogens (tertiary/aromatic N) is 3. The summed E-state index contributed by atoms with van der Waals surface area (Å²) in [7, 11) is -9.28. The topological polar surface area (TPSA) is 87.2 Å². The third kappa shape index (κ3) is 4.44. The van der Waals surface area contributed by atoms with Gasteiger partial charge in [0.15, 0.2) is 0 Å². The van der Waals surface area contributed by atoms with Crippen LogP contribution in [0.1, 0.15) is 13.8 Å². The molecule has 2 unspecified atom stereocenters. The molecular formula is C17H24F3N3O5S2. The van der Waals surface area contributed by atoms with Crippen LogP contribution in [0.4, 0.5) is 18.9 Å². The van der Waals surface area contributed by atoms with Crippen LogP contribution in [0.25, 0.3) is 0 Å². The molecule has 1 aromatic rings. The van der Waals surface area contributed by atoms with Gasteiger partial charge in [-0.15, -0.1) is 0 Å². The Bertz CT molecular complexity index is 967. The lowest BCUT2D eigenvalue weighted by Crippen LogP contribution is -2.57. The molecule has 0 N–H and O–H groups in total. The number of piperazine rings is 1. The van der Waals surface area contributed by atoms with E-state index in [0.717, 1.165) is 6.07 Å². The predicted octanol–water partition coefficient (Wildman–Crippen LogP) is 1.46. The number of hydrogen-bond acceptors (Lipinski definition) is 6. The summed E-state index contributed by atoms with van der Waals surface area (Å²) in [6.45, 7) is 4.21. The van der Waals surface area contributed by atoms with Crippen LogP contribution in [0.3, 0.4) is 0 Å². The molecule has 13 heteroatoms.